The first-order valence-electron chi connectivity index (χ1n) is 5.51. The van der Waals surface area contributed by atoms with Gasteiger partial charge < -0.3 is 4.74 Å². The van der Waals surface area contributed by atoms with Crippen LogP contribution in [-0.2, 0) is 6.42 Å². The summed E-state index contributed by atoms with van der Waals surface area (Å²) in [6, 6.07) is 4.95. The second kappa shape index (κ2) is 6.09. The predicted octanol–water partition coefficient (Wildman–Crippen LogP) is 4.03. The van der Waals surface area contributed by atoms with Crippen LogP contribution in [0.15, 0.2) is 18.2 Å². The highest BCUT2D eigenvalue weighted by molar-refractivity contribution is 6.20. The number of hydrogen-bond acceptors (Lipinski definition) is 1. The van der Waals surface area contributed by atoms with Gasteiger partial charge in [0, 0.05) is 11.4 Å². The van der Waals surface area contributed by atoms with Crippen molar-refractivity contribution < 1.29 is 9.13 Å². The molecule has 0 bridgehead atoms. The number of hydrogen-bond donors (Lipinski definition) is 0. The molecule has 16 heavy (non-hydrogen) atoms. The van der Waals surface area contributed by atoms with Crippen molar-refractivity contribution >= 4 is 11.6 Å². The van der Waals surface area contributed by atoms with Gasteiger partial charge in [0.25, 0.3) is 0 Å². The number of benzene rings is 1. The number of ether oxygens (including phenoxy) is 1. The fourth-order valence-electron chi connectivity index (χ4n) is 1.48. The highest BCUT2D eigenvalue weighted by atomic mass is 35.5. The van der Waals surface area contributed by atoms with Gasteiger partial charge in [-0.1, -0.05) is 19.9 Å². The minimum atomic E-state index is -0.216. The molecule has 0 N–H and O–H groups in total. The minimum Gasteiger partial charge on any atom is -0.497 e. The van der Waals surface area contributed by atoms with Gasteiger partial charge in [0.15, 0.2) is 0 Å². The number of methoxy groups -OCH3 is 1. The molecule has 0 radical (unpaired) electrons. The third kappa shape index (κ3) is 3.67. The zero-order chi connectivity index (χ0) is 12.1. The van der Waals surface area contributed by atoms with Gasteiger partial charge >= 0.3 is 0 Å². The van der Waals surface area contributed by atoms with E-state index in [0.29, 0.717) is 23.7 Å². The maximum Gasteiger partial charge on any atom is 0.130 e. The molecule has 0 aliphatic carbocycles. The lowest BCUT2D eigenvalue weighted by Gasteiger charge is -2.13. The fraction of sp³-hybridized carbons (Fsp3) is 0.538. The highest BCUT2D eigenvalue weighted by Gasteiger charge is 2.11. The Morgan fingerprint density at radius 1 is 1.38 bits per heavy atom. The molecule has 0 saturated heterocycles. The Bertz CT molecular complexity index is 339. The Kier molecular flexibility index (Phi) is 5.07. The van der Waals surface area contributed by atoms with Crippen LogP contribution in [0.1, 0.15) is 25.8 Å². The van der Waals surface area contributed by atoms with E-state index in [1.165, 1.54) is 13.2 Å². The highest BCUT2D eigenvalue weighted by Crippen LogP contribution is 2.21. The number of alkyl halides is 1. The Hall–Kier alpha value is -0.760. The van der Waals surface area contributed by atoms with Gasteiger partial charge in [-0.05, 0) is 30.4 Å². The molecule has 0 fully saturated rings. The van der Waals surface area contributed by atoms with Gasteiger partial charge in [0.1, 0.15) is 11.6 Å². The molecule has 0 amide bonds. The Balaban J connectivity index is 2.61. The van der Waals surface area contributed by atoms with Crippen LogP contribution in [0, 0.1) is 11.7 Å². The SMILES string of the molecule is COc1ccc(CCC(Cl)C(C)C)c(F)c1. The van der Waals surface area contributed by atoms with Gasteiger partial charge in [0.2, 0.25) is 0 Å². The zero-order valence-corrected chi connectivity index (χ0v) is 10.7. The summed E-state index contributed by atoms with van der Waals surface area (Å²) < 4.78 is 18.5. The second-order valence-electron chi connectivity index (χ2n) is 4.26. The van der Waals surface area contributed by atoms with Crippen LogP contribution in [0.4, 0.5) is 4.39 Å². The van der Waals surface area contributed by atoms with E-state index in [9.17, 15) is 4.39 Å². The van der Waals surface area contributed by atoms with E-state index in [0.717, 1.165) is 6.42 Å². The van der Waals surface area contributed by atoms with Crippen molar-refractivity contribution in [3.63, 3.8) is 0 Å². The summed E-state index contributed by atoms with van der Waals surface area (Å²) in [6.07, 6.45) is 1.46. The first kappa shape index (κ1) is 13.3. The Labute approximate surface area is 102 Å². The van der Waals surface area contributed by atoms with Gasteiger partial charge in [-0.2, -0.15) is 0 Å². The lowest BCUT2D eigenvalue weighted by molar-refractivity contribution is 0.410. The molecule has 0 heterocycles. The van der Waals surface area contributed by atoms with Gasteiger partial charge in [-0.25, -0.2) is 4.39 Å². The van der Waals surface area contributed by atoms with Crippen LogP contribution in [0.2, 0.25) is 0 Å². The van der Waals surface area contributed by atoms with Crippen LogP contribution in [0.25, 0.3) is 0 Å². The summed E-state index contributed by atoms with van der Waals surface area (Å²) in [5.74, 6) is 0.752. The first-order valence-corrected chi connectivity index (χ1v) is 5.94. The van der Waals surface area contributed by atoms with E-state index in [-0.39, 0.29) is 11.2 Å². The maximum absolute atomic E-state index is 13.6. The van der Waals surface area contributed by atoms with Gasteiger partial charge in [-0.3, -0.25) is 0 Å². The largest absolute Gasteiger partial charge is 0.497 e. The first-order chi connectivity index (χ1) is 7.54. The zero-order valence-electron chi connectivity index (χ0n) is 9.97. The van der Waals surface area contributed by atoms with E-state index in [2.05, 4.69) is 13.8 Å². The molecular weight excluding hydrogens is 227 g/mol. The lowest BCUT2D eigenvalue weighted by atomic mass is 10.0. The Morgan fingerprint density at radius 2 is 2.06 bits per heavy atom. The quantitative estimate of drug-likeness (QED) is 0.711. The van der Waals surface area contributed by atoms with Crippen molar-refractivity contribution in [1.82, 2.24) is 0 Å². The molecule has 1 rings (SSSR count). The normalized spacial score (nSPS) is 12.9. The molecule has 1 aromatic rings. The van der Waals surface area contributed by atoms with E-state index in [1.54, 1.807) is 12.1 Å². The van der Waals surface area contributed by atoms with Crippen LogP contribution in [0.3, 0.4) is 0 Å². The summed E-state index contributed by atoms with van der Waals surface area (Å²) in [4.78, 5) is 0. The standard InChI is InChI=1S/C13H18ClFO/c1-9(2)12(14)7-5-10-4-6-11(16-3)8-13(10)15/h4,6,8-9,12H,5,7H2,1-3H3. The lowest BCUT2D eigenvalue weighted by Crippen LogP contribution is -2.09. The molecular formula is C13H18ClFO. The third-order valence-corrected chi connectivity index (χ3v) is 3.40. The van der Waals surface area contributed by atoms with Gasteiger partial charge in [0.05, 0.1) is 7.11 Å². The molecule has 1 nitrogen and oxygen atoms in total. The third-order valence-electron chi connectivity index (χ3n) is 2.67. The predicted molar refractivity (Wildman–Crippen MR) is 65.8 cm³/mol. The van der Waals surface area contributed by atoms with Crippen molar-refractivity contribution in [2.75, 3.05) is 7.11 Å². The molecule has 90 valence electrons. The molecule has 1 unspecified atom stereocenters. The Morgan fingerprint density at radius 3 is 2.56 bits per heavy atom. The van der Waals surface area contributed by atoms with E-state index >= 15 is 0 Å². The number of rotatable bonds is 5. The van der Waals surface area contributed by atoms with Crippen LogP contribution >= 0.6 is 11.6 Å². The smallest absolute Gasteiger partial charge is 0.130 e. The molecule has 0 saturated carbocycles. The van der Waals surface area contributed by atoms with Crippen molar-refractivity contribution in [2.45, 2.75) is 32.1 Å². The molecule has 0 aliphatic rings. The molecule has 1 aromatic carbocycles. The van der Waals surface area contributed by atoms with Crippen LogP contribution < -0.4 is 4.74 Å². The molecule has 0 aromatic heterocycles. The second-order valence-corrected chi connectivity index (χ2v) is 4.82. The molecule has 3 heteroatoms. The fourth-order valence-corrected chi connectivity index (χ4v) is 1.59. The summed E-state index contributed by atoms with van der Waals surface area (Å²) in [7, 11) is 1.53. The number of aryl methyl sites for hydroxylation is 1. The van der Waals surface area contributed by atoms with Crippen molar-refractivity contribution in [1.29, 1.82) is 0 Å². The average molecular weight is 245 g/mol. The maximum atomic E-state index is 13.6. The van der Waals surface area contributed by atoms with E-state index < -0.39 is 0 Å². The summed E-state index contributed by atoms with van der Waals surface area (Å²) in [5.41, 5.74) is 0.701. The van der Waals surface area contributed by atoms with E-state index in [4.69, 9.17) is 16.3 Å². The van der Waals surface area contributed by atoms with Crippen LogP contribution in [0.5, 0.6) is 5.75 Å². The van der Waals surface area contributed by atoms with Crippen molar-refractivity contribution in [3.8, 4) is 5.75 Å². The van der Waals surface area contributed by atoms with Gasteiger partial charge in [-0.15, -0.1) is 11.6 Å². The molecule has 0 spiro atoms. The summed E-state index contributed by atoms with van der Waals surface area (Å²) >= 11 is 6.13. The van der Waals surface area contributed by atoms with E-state index in [1.807, 2.05) is 0 Å². The van der Waals surface area contributed by atoms with Crippen molar-refractivity contribution in [3.05, 3.63) is 29.6 Å². The minimum absolute atomic E-state index is 0.0986. The average Bonchev–Trinajstić information content (AvgIpc) is 2.26. The molecule has 1 atom stereocenters. The number of halogens is 2. The summed E-state index contributed by atoms with van der Waals surface area (Å²) in [5, 5.41) is 0.0986. The van der Waals surface area contributed by atoms with Crippen LogP contribution in [-0.4, -0.2) is 12.5 Å². The summed E-state index contributed by atoms with van der Waals surface area (Å²) in [6.45, 7) is 4.14. The topological polar surface area (TPSA) is 9.23 Å². The molecule has 0 aliphatic heterocycles. The monoisotopic (exact) mass is 244 g/mol. The van der Waals surface area contributed by atoms with Crippen molar-refractivity contribution in [2.24, 2.45) is 5.92 Å².